The summed E-state index contributed by atoms with van der Waals surface area (Å²) in [4.78, 5) is 0. The van der Waals surface area contributed by atoms with Crippen LogP contribution in [0.2, 0.25) is 5.02 Å². The molecular weight excluding hydrogens is 305 g/mol. The third-order valence-electron chi connectivity index (χ3n) is 1.06. The van der Waals surface area contributed by atoms with Crippen LogP contribution in [0.1, 0.15) is 0 Å². The molecule has 0 saturated heterocycles. The zero-order valence-electron chi connectivity index (χ0n) is 4.97. The van der Waals surface area contributed by atoms with Gasteiger partial charge in [-0.3, -0.25) is 0 Å². The lowest BCUT2D eigenvalue weighted by Crippen LogP contribution is -1.86. The van der Waals surface area contributed by atoms with Gasteiger partial charge in [0.15, 0.2) is 11.6 Å². The van der Waals surface area contributed by atoms with Gasteiger partial charge in [0.1, 0.15) is 5.02 Å². The molecule has 1 aromatic rings. The minimum absolute atomic E-state index is 0.135. The van der Waals surface area contributed by atoms with Gasteiger partial charge in [0.05, 0.1) is 8.95 Å². The Bertz CT molecular complexity index is 275. The lowest BCUT2D eigenvalue weighted by molar-refractivity contribution is 0.575. The SMILES string of the molecule is Fc1c(Br)cc(Br)c(F)c1Cl. The largest absolute Gasteiger partial charge is 0.204 e. The molecule has 0 N–H and O–H groups in total. The summed E-state index contributed by atoms with van der Waals surface area (Å²) < 4.78 is 25.7. The van der Waals surface area contributed by atoms with Crippen molar-refractivity contribution in [2.24, 2.45) is 0 Å². The highest BCUT2D eigenvalue weighted by molar-refractivity contribution is 9.11. The molecule has 0 amide bonds. The van der Waals surface area contributed by atoms with Crippen molar-refractivity contribution in [1.29, 1.82) is 0 Å². The molecule has 0 spiro atoms. The van der Waals surface area contributed by atoms with E-state index in [1.165, 1.54) is 6.07 Å². The van der Waals surface area contributed by atoms with Crippen LogP contribution in [0.5, 0.6) is 0 Å². The summed E-state index contributed by atoms with van der Waals surface area (Å²) >= 11 is 11.0. The van der Waals surface area contributed by atoms with Gasteiger partial charge >= 0.3 is 0 Å². The van der Waals surface area contributed by atoms with Crippen molar-refractivity contribution in [3.05, 3.63) is 31.7 Å². The summed E-state index contributed by atoms with van der Waals surface area (Å²) in [6.45, 7) is 0. The van der Waals surface area contributed by atoms with E-state index in [4.69, 9.17) is 11.6 Å². The minimum atomic E-state index is -0.785. The van der Waals surface area contributed by atoms with Crippen LogP contribution < -0.4 is 0 Å². The van der Waals surface area contributed by atoms with Gasteiger partial charge in [-0.1, -0.05) is 11.6 Å². The molecular formula is C6HBr2ClF2. The van der Waals surface area contributed by atoms with E-state index in [-0.39, 0.29) is 8.95 Å². The van der Waals surface area contributed by atoms with E-state index in [0.29, 0.717) is 0 Å². The number of benzene rings is 1. The smallest absolute Gasteiger partial charge is 0.159 e. The van der Waals surface area contributed by atoms with Crippen molar-refractivity contribution in [2.45, 2.75) is 0 Å². The Morgan fingerprint density at radius 2 is 1.45 bits per heavy atom. The summed E-state index contributed by atoms with van der Waals surface area (Å²) in [5, 5.41) is -0.508. The molecule has 0 nitrogen and oxygen atoms in total. The lowest BCUT2D eigenvalue weighted by atomic mass is 10.3. The molecule has 0 radical (unpaired) electrons. The molecule has 1 aromatic carbocycles. The number of halogens is 5. The van der Waals surface area contributed by atoms with Crippen LogP contribution in [-0.4, -0.2) is 0 Å². The maximum atomic E-state index is 12.7. The second-order valence-corrected chi connectivity index (χ2v) is 3.87. The number of hydrogen-bond donors (Lipinski definition) is 0. The zero-order valence-corrected chi connectivity index (χ0v) is 8.90. The van der Waals surface area contributed by atoms with E-state index >= 15 is 0 Å². The standard InChI is InChI=1S/C6HBr2ClF2/c7-2-1-3(8)6(11)4(9)5(2)10/h1H. The Hall–Kier alpha value is 0.330. The van der Waals surface area contributed by atoms with Crippen molar-refractivity contribution >= 4 is 43.5 Å². The summed E-state index contributed by atoms with van der Waals surface area (Å²) in [7, 11) is 0. The van der Waals surface area contributed by atoms with E-state index in [1.54, 1.807) is 0 Å². The lowest BCUT2D eigenvalue weighted by Gasteiger charge is -2.00. The molecule has 0 unspecified atom stereocenters. The molecule has 0 atom stereocenters. The average molecular weight is 306 g/mol. The highest BCUT2D eigenvalue weighted by Gasteiger charge is 2.13. The Kier molecular flexibility index (Phi) is 2.89. The van der Waals surface area contributed by atoms with Crippen LogP contribution in [-0.2, 0) is 0 Å². The fourth-order valence-corrected chi connectivity index (χ4v) is 2.14. The van der Waals surface area contributed by atoms with Gasteiger partial charge in [-0.25, -0.2) is 8.78 Å². The van der Waals surface area contributed by atoms with Crippen molar-refractivity contribution in [2.75, 3.05) is 0 Å². The molecule has 5 heteroatoms. The van der Waals surface area contributed by atoms with Gasteiger partial charge in [-0.2, -0.15) is 0 Å². The van der Waals surface area contributed by atoms with E-state index in [1.807, 2.05) is 0 Å². The Balaban J connectivity index is 3.46. The molecule has 0 heterocycles. The van der Waals surface area contributed by atoms with Crippen LogP contribution in [0.15, 0.2) is 15.0 Å². The quantitative estimate of drug-likeness (QED) is 0.499. The van der Waals surface area contributed by atoms with Crippen LogP contribution >= 0.6 is 43.5 Å². The van der Waals surface area contributed by atoms with E-state index in [9.17, 15) is 8.78 Å². The maximum Gasteiger partial charge on any atom is 0.159 e. The highest BCUT2D eigenvalue weighted by atomic mass is 79.9. The van der Waals surface area contributed by atoms with E-state index in [0.717, 1.165) is 0 Å². The second-order valence-electron chi connectivity index (χ2n) is 1.78. The predicted octanol–water partition coefficient (Wildman–Crippen LogP) is 4.14. The van der Waals surface area contributed by atoms with Crippen molar-refractivity contribution in [3.63, 3.8) is 0 Å². The molecule has 1 rings (SSSR count). The fourth-order valence-electron chi connectivity index (χ4n) is 0.544. The first kappa shape index (κ1) is 9.42. The predicted molar refractivity (Wildman–Crippen MR) is 46.8 cm³/mol. The van der Waals surface area contributed by atoms with Gasteiger partial charge in [0.25, 0.3) is 0 Å². The van der Waals surface area contributed by atoms with Gasteiger partial charge in [-0.05, 0) is 37.9 Å². The molecule has 0 aliphatic rings. The molecule has 0 saturated carbocycles. The Morgan fingerprint density at radius 3 is 1.82 bits per heavy atom. The molecule has 0 fully saturated rings. The zero-order chi connectivity index (χ0) is 8.59. The van der Waals surface area contributed by atoms with E-state index in [2.05, 4.69) is 31.9 Å². The first-order valence-corrected chi connectivity index (χ1v) is 4.49. The molecule has 0 bridgehead atoms. The maximum absolute atomic E-state index is 12.7. The normalized spacial score (nSPS) is 10.3. The monoisotopic (exact) mass is 304 g/mol. The first-order chi connectivity index (χ1) is 5.04. The number of rotatable bonds is 0. The molecule has 0 aromatic heterocycles. The minimum Gasteiger partial charge on any atom is -0.204 e. The van der Waals surface area contributed by atoms with Gasteiger partial charge in [0.2, 0.25) is 0 Å². The molecule has 11 heavy (non-hydrogen) atoms. The van der Waals surface area contributed by atoms with Crippen molar-refractivity contribution < 1.29 is 8.78 Å². The summed E-state index contributed by atoms with van der Waals surface area (Å²) in [6.07, 6.45) is 0. The second kappa shape index (κ2) is 3.37. The van der Waals surface area contributed by atoms with Crippen LogP contribution in [0, 0.1) is 11.6 Å². The van der Waals surface area contributed by atoms with Crippen LogP contribution in [0.25, 0.3) is 0 Å². The van der Waals surface area contributed by atoms with Crippen molar-refractivity contribution in [1.82, 2.24) is 0 Å². The van der Waals surface area contributed by atoms with Gasteiger partial charge < -0.3 is 0 Å². The Morgan fingerprint density at radius 1 is 1.09 bits per heavy atom. The summed E-state index contributed by atoms with van der Waals surface area (Å²) in [5.74, 6) is -1.57. The first-order valence-electron chi connectivity index (χ1n) is 2.52. The summed E-state index contributed by atoms with van der Waals surface area (Å²) in [5.41, 5.74) is 0. The third-order valence-corrected chi connectivity index (χ3v) is 2.54. The molecule has 0 aliphatic heterocycles. The average Bonchev–Trinajstić information content (AvgIpc) is 1.97. The van der Waals surface area contributed by atoms with Crippen LogP contribution in [0.4, 0.5) is 8.78 Å². The van der Waals surface area contributed by atoms with Crippen molar-refractivity contribution in [3.8, 4) is 0 Å². The highest BCUT2D eigenvalue weighted by Crippen LogP contribution is 2.31. The number of hydrogen-bond acceptors (Lipinski definition) is 0. The van der Waals surface area contributed by atoms with E-state index < -0.39 is 16.7 Å². The third kappa shape index (κ3) is 1.73. The molecule has 0 aliphatic carbocycles. The fraction of sp³-hybridized carbons (Fsp3) is 0. The van der Waals surface area contributed by atoms with Gasteiger partial charge in [-0.15, -0.1) is 0 Å². The Labute approximate surface area is 83.8 Å². The summed E-state index contributed by atoms with van der Waals surface area (Å²) in [6, 6.07) is 1.26. The van der Waals surface area contributed by atoms with Gasteiger partial charge in [0, 0.05) is 0 Å². The topological polar surface area (TPSA) is 0 Å². The molecule has 60 valence electrons. The van der Waals surface area contributed by atoms with Crippen LogP contribution in [0.3, 0.4) is 0 Å².